The Morgan fingerprint density at radius 3 is 2.35 bits per heavy atom. The molecule has 20 heavy (non-hydrogen) atoms. The number of carbonyl (C=O) groups excluding carboxylic acids is 1. The van der Waals surface area contributed by atoms with Gasteiger partial charge in [0.25, 0.3) is 0 Å². The number of aromatic nitrogens is 1. The summed E-state index contributed by atoms with van der Waals surface area (Å²) in [4.78, 5) is 15.4. The van der Waals surface area contributed by atoms with Crippen molar-refractivity contribution in [2.45, 2.75) is 0 Å². The first-order chi connectivity index (χ1) is 9.56. The standard InChI is InChI=1S/C14H11F2NO3/c1-19-13-10(15)5-9(6-11(13)16)12-7-8(3-4-17-12)14(18)20-2/h3-7H,1-2H3. The van der Waals surface area contributed by atoms with E-state index in [4.69, 9.17) is 0 Å². The molecule has 2 aromatic rings. The Kier molecular flexibility index (Phi) is 3.93. The molecule has 0 unspecified atom stereocenters. The minimum atomic E-state index is -0.840. The second kappa shape index (κ2) is 5.64. The van der Waals surface area contributed by atoms with Crippen LogP contribution >= 0.6 is 0 Å². The van der Waals surface area contributed by atoms with E-state index >= 15 is 0 Å². The zero-order valence-corrected chi connectivity index (χ0v) is 10.8. The lowest BCUT2D eigenvalue weighted by Gasteiger charge is -2.07. The number of rotatable bonds is 3. The molecular formula is C14H11F2NO3. The van der Waals surface area contributed by atoms with Gasteiger partial charge in [-0.05, 0) is 24.3 Å². The molecular weight excluding hydrogens is 268 g/mol. The SMILES string of the molecule is COC(=O)c1ccnc(-c2cc(F)c(OC)c(F)c2)c1. The van der Waals surface area contributed by atoms with Gasteiger partial charge in [-0.1, -0.05) is 0 Å². The van der Waals surface area contributed by atoms with Gasteiger partial charge in [0, 0.05) is 11.8 Å². The number of benzene rings is 1. The fourth-order valence-electron chi connectivity index (χ4n) is 1.74. The van der Waals surface area contributed by atoms with E-state index in [0.29, 0.717) is 0 Å². The normalized spacial score (nSPS) is 10.2. The quantitative estimate of drug-likeness (QED) is 0.811. The Bertz CT molecular complexity index is 636. The van der Waals surface area contributed by atoms with Crippen molar-refractivity contribution >= 4 is 5.97 Å². The maximum absolute atomic E-state index is 13.6. The number of methoxy groups -OCH3 is 2. The van der Waals surface area contributed by atoms with Gasteiger partial charge in [-0.25, -0.2) is 13.6 Å². The van der Waals surface area contributed by atoms with Crippen LogP contribution in [-0.4, -0.2) is 25.2 Å². The van der Waals surface area contributed by atoms with E-state index in [0.717, 1.165) is 12.1 Å². The van der Waals surface area contributed by atoms with Gasteiger partial charge in [0.05, 0.1) is 25.5 Å². The average molecular weight is 279 g/mol. The van der Waals surface area contributed by atoms with Crippen LogP contribution in [0.25, 0.3) is 11.3 Å². The lowest BCUT2D eigenvalue weighted by Crippen LogP contribution is -2.02. The number of nitrogens with zero attached hydrogens (tertiary/aromatic N) is 1. The summed E-state index contributed by atoms with van der Waals surface area (Å²) in [7, 11) is 2.42. The predicted molar refractivity (Wildman–Crippen MR) is 67.5 cm³/mol. The zero-order chi connectivity index (χ0) is 14.7. The number of hydrogen-bond acceptors (Lipinski definition) is 4. The van der Waals surface area contributed by atoms with Crippen molar-refractivity contribution in [3.8, 4) is 17.0 Å². The molecule has 1 heterocycles. The monoisotopic (exact) mass is 279 g/mol. The summed E-state index contributed by atoms with van der Waals surface area (Å²) >= 11 is 0. The summed E-state index contributed by atoms with van der Waals surface area (Å²) in [5, 5.41) is 0. The number of esters is 1. The Morgan fingerprint density at radius 2 is 1.80 bits per heavy atom. The molecule has 0 bridgehead atoms. The average Bonchev–Trinajstić information content (AvgIpc) is 2.46. The van der Waals surface area contributed by atoms with Crippen LogP contribution in [0.4, 0.5) is 8.78 Å². The van der Waals surface area contributed by atoms with Crippen molar-refractivity contribution in [1.82, 2.24) is 4.98 Å². The van der Waals surface area contributed by atoms with Gasteiger partial charge in [-0.3, -0.25) is 4.98 Å². The van der Waals surface area contributed by atoms with Crippen LogP contribution in [0.2, 0.25) is 0 Å². The number of carbonyl (C=O) groups is 1. The van der Waals surface area contributed by atoms with E-state index in [2.05, 4.69) is 14.5 Å². The molecule has 6 heteroatoms. The minimum absolute atomic E-state index is 0.201. The molecule has 0 atom stereocenters. The van der Waals surface area contributed by atoms with Gasteiger partial charge in [0.15, 0.2) is 17.4 Å². The predicted octanol–water partition coefficient (Wildman–Crippen LogP) is 2.82. The first kappa shape index (κ1) is 13.9. The molecule has 0 spiro atoms. The Balaban J connectivity index is 2.49. The number of halogens is 2. The molecule has 0 amide bonds. The van der Waals surface area contributed by atoms with Crippen LogP contribution in [0.5, 0.6) is 5.75 Å². The van der Waals surface area contributed by atoms with Crippen LogP contribution in [0, 0.1) is 11.6 Å². The van der Waals surface area contributed by atoms with E-state index < -0.39 is 23.4 Å². The van der Waals surface area contributed by atoms with Gasteiger partial charge in [0.2, 0.25) is 0 Å². The van der Waals surface area contributed by atoms with E-state index in [1.54, 1.807) is 0 Å². The summed E-state index contributed by atoms with van der Waals surface area (Å²) in [6.45, 7) is 0. The first-order valence-corrected chi connectivity index (χ1v) is 5.64. The van der Waals surface area contributed by atoms with E-state index in [1.165, 1.54) is 32.5 Å². The minimum Gasteiger partial charge on any atom is -0.491 e. The molecule has 0 saturated carbocycles. The molecule has 0 aliphatic carbocycles. The Morgan fingerprint density at radius 1 is 1.15 bits per heavy atom. The third kappa shape index (κ3) is 2.59. The van der Waals surface area contributed by atoms with E-state index in [1.807, 2.05) is 0 Å². The molecule has 104 valence electrons. The Labute approximate surface area is 114 Å². The summed E-state index contributed by atoms with van der Waals surface area (Å²) < 4.78 is 36.5. The topological polar surface area (TPSA) is 48.4 Å². The summed E-state index contributed by atoms with van der Waals surface area (Å²) in [5.41, 5.74) is 0.703. The second-order valence-electron chi connectivity index (χ2n) is 3.89. The zero-order valence-electron chi connectivity index (χ0n) is 10.8. The molecule has 0 N–H and O–H groups in total. The third-order valence-corrected chi connectivity index (χ3v) is 2.68. The van der Waals surface area contributed by atoms with E-state index in [9.17, 15) is 13.6 Å². The van der Waals surface area contributed by atoms with Gasteiger partial charge in [-0.15, -0.1) is 0 Å². The van der Waals surface area contributed by atoms with Crippen LogP contribution in [0.15, 0.2) is 30.5 Å². The van der Waals surface area contributed by atoms with Crippen LogP contribution in [-0.2, 0) is 4.74 Å². The highest BCUT2D eigenvalue weighted by Gasteiger charge is 2.14. The second-order valence-corrected chi connectivity index (χ2v) is 3.89. The number of ether oxygens (including phenoxy) is 2. The van der Waals surface area contributed by atoms with Crippen molar-refractivity contribution in [2.75, 3.05) is 14.2 Å². The van der Waals surface area contributed by atoms with Gasteiger partial charge >= 0.3 is 5.97 Å². The Hall–Kier alpha value is -2.50. The summed E-state index contributed by atoms with van der Waals surface area (Å²) in [5.74, 6) is -2.69. The summed E-state index contributed by atoms with van der Waals surface area (Å²) in [6, 6.07) is 5.02. The fourth-order valence-corrected chi connectivity index (χ4v) is 1.74. The first-order valence-electron chi connectivity index (χ1n) is 5.64. The van der Waals surface area contributed by atoms with E-state index in [-0.39, 0.29) is 16.8 Å². The fraction of sp³-hybridized carbons (Fsp3) is 0.143. The smallest absolute Gasteiger partial charge is 0.337 e. The molecule has 0 saturated heterocycles. The van der Waals surface area contributed by atoms with Crippen LogP contribution in [0.1, 0.15) is 10.4 Å². The number of pyridine rings is 1. The van der Waals surface area contributed by atoms with Crippen molar-refractivity contribution in [1.29, 1.82) is 0 Å². The molecule has 4 nitrogen and oxygen atoms in total. The van der Waals surface area contributed by atoms with Crippen molar-refractivity contribution in [3.63, 3.8) is 0 Å². The summed E-state index contributed by atoms with van der Waals surface area (Å²) in [6.07, 6.45) is 1.36. The molecule has 1 aromatic carbocycles. The van der Waals surface area contributed by atoms with Crippen molar-refractivity contribution < 1.29 is 23.0 Å². The van der Waals surface area contributed by atoms with Crippen molar-refractivity contribution in [2.24, 2.45) is 0 Å². The molecule has 0 aliphatic heterocycles. The lowest BCUT2D eigenvalue weighted by molar-refractivity contribution is 0.0600. The molecule has 0 aliphatic rings. The van der Waals surface area contributed by atoms with Crippen LogP contribution in [0.3, 0.4) is 0 Å². The van der Waals surface area contributed by atoms with Crippen molar-refractivity contribution in [3.05, 3.63) is 47.7 Å². The largest absolute Gasteiger partial charge is 0.491 e. The highest BCUT2D eigenvalue weighted by Crippen LogP contribution is 2.28. The van der Waals surface area contributed by atoms with Gasteiger partial charge < -0.3 is 9.47 Å². The molecule has 1 aromatic heterocycles. The van der Waals surface area contributed by atoms with Gasteiger partial charge in [-0.2, -0.15) is 0 Å². The highest BCUT2D eigenvalue weighted by atomic mass is 19.1. The van der Waals surface area contributed by atoms with Gasteiger partial charge in [0.1, 0.15) is 0 Å². The third-order valence-electron chi connectivity index (χ3n) is 2.68. The molecule has 2 rings (SSSR count). The molecule has 0 radical (unpaired) electrons. The maximum Gasteiger partial charge on any atom is 0.337 e. The van der Waals surface area contributed by atoms with Crippen LogP contribution < -0.4 is 4.74 Å². The lowest BCUT2D eigenvalue weighted by atomic mass is 10.1. The molecule has 0 fully saturated rings. The number of hydrogen-bond donors (Lipinski definition) is 0. The maximum atomic E-state index is 13.6. The highest BCUT2D eigenvalue weighted by molar-refractivity contribution is 5.90.